The van der Waals surface area contributed by atoms with Gasteiger partial charge >= 0.3 is 0 Å². The third kappa shape index (κ3) is 4.07. The van der Waals surface area contributed by atoms with E-state index in [1.165, 1.54) is 22.7 Å². The van der Waals surface area contributed by atoms with Crippen molar-refractivity contribution in [2.24, 2.45) is 5.10 Å². The van der Waals surface area contributed by atoms with Crippen LogP contribution in [0.2, 0.25) is 0 Å². The van der Waals surface area contributed by atoms with Crippen molar-refractivity contribution in [2.45, 2.75) is 17.7 Å². The van der Waals surface area contributed by atoms with Gasteiger partial charge in [0.1, 0.15) is 18.9 Å². The van der Waals surface area contributed by atoms with Crippen LogP contribution in [-0.2, 0) is 10.0 Å². The van der Waals surface area contributed by atoms with Crippen molar-refractivity contribution in [3.8, 4) is 11.5 Å². The van der Waals surface area contributed by atoms with E-state index in [0.29, 0.717) is 43.4 Å². The summed E-state index contributed by atoms with van der Waals surface area (Å²) < 4.78 is 37.6. The van der Waals surface area contributed by atoms with E-state index in [0.717, 1.165) is 18.9 Å². The molecule has 2 aromatic carbocycles. The molecule has 2 heterocycles. The molecule has 30 heavy (non-hydrogen) atoms. The quantitative estimate of drug-likeness (QED) is 0.423. The zero-order chi connectivity index (χ0) is 21.1. The van der Waals surface area contributed by atoms with Crippen molar-refractivity contribution in [1.82, 2.24) is 4.31 Å². The molecule has 4 rings (SSSR count). The minimum absolute atomic E-state index is 0.0918. The zero-order valence-corrected chi connectivity index (χ0v) is 16.8. The first-order valence-corrected chi connectivity index (χ1v) is 10.9. The van der Waals surface area contributed by atoms with Gasteiger partial charge in [0.2, 0.25) is 10.0 Å². The van der Waals surface area contributed by atoms with E-state index >= 15 is 0 Å². The Balaban J connectivity index is 1.54. The van der Waals surface area contributed by atoms with Crippen molar-refractivity contribution in [3.63, 3.8) is 0 Å². The topological polar surface area (TPSA) is 123 Å². The molecule has 0 bridgehead atoms. The van der Waals surface area contributed by atoms with Crippen molar-refractivity contribution >= 4 is 27.6 Å². The van der Waals surface area contributed by atoms with Crippen LogP contribution in [0.1, 0.15) is 18.4 Å². The molecule has 158 valence electrons. The number of sulfonamides is 1. The lowest BCUT2D eigenvalue weighted by Crippen LogP contribution is -2.27. The molecule has 0 atom stereocenters. The van der Waals surface area contributed by atoms with E-state index in [2.05, 4.69) is 10.5 Å². The number of nitro benzene ring substituents is 1. The van der Waals surface area contributed by atoms with Crippen LogP contribution in [0.5, 0.6) is 11.5 Å². The monoisotopic (exact) mass is 432 g/mol. The van der Waals surface area contributed by atoms with Gasteiger partial charge in [-0.3, -0.25) is 15.5 Å². The molecule has 0 aromatic heterocycles. The van der Waals surface area contributed by atoms with Crippen molar-refractivity contribution in [1.29, 1.82) is 0 Å². The molecule has 0 spiro atoms. The molecule has 1 fully saturated rings. The van der Waals surface area contributed by atoms with Crippen molar-refractivity contribution < 1.29 is 22.8 Å². The van der Waals surface area contributed by atoms with Crippen LogP contribution in [0.3, 0.4) is 0 Å². The molecular formula is C19H20N4O6S. The van der Waals surface area contributed by atoms with Gasteiger partial charge in [-0.15, -0.1) is 0 Å². The van der Waals surface area contributed by atoms with Crippen molar-refractivity contribution in [2.75, 3.05) is 31.7 Å². The van der Waals surface area contributed by atoms with Gasteiger partial charge in [0.15, 0.2) is 11.5 Å². The second-order valence-electron chi connectivity index (χ2n) is 6.82. The smallest absolute Gasteiger partial charge is 0.295 e. The standard InChI is InChI=1S/C19H20N4O6S/c24-23(25)17-12-15(30(26,27)22-7-1-2-8-22)4-5-16(17)21-20-13-14-3-6-18-19(11-14)29-10-9-28-18/h3-6,11-13,21H,1-2,7-10H2/b20-13+. The fraction of sp³-hybridized carbons (Fsp3) is 0.316. The van der Waals surface area contributed by atoms with E-state index in [-0.39, 0.29) is 16.3 Å². The number of ether oxygens (including phenoxy) is 2. The molecule has 0 aliphatic carbocycles. The van der Waals surface area contributed by atoms with Crippen LogP contribution in [-0.4, -0.2) is 50.2 Å². The van der Waals surface area contributed by atoms with Gasteiger partial charge in [-0.2, -0.15) is 9.41 Å². The number of rotatable bonds is 6. The number of benzene rings is 2. The Morgan fingerprint density at radius 1 is 1.07 bits per heavy atom. The van der Waals surface area contributed by atoms with Crippen LogP contribution in [0.15, 0.2) is 46.4 Å². The number of anilines is 1. The normalized spacial score (nSPS) is 16.7. The van der Waals surface area contributed by atoms with Gasteiger partial charge in [0.05, 0.1) is 16.0 Å². The van der Waals surface area contributed by atoms with Gasteiger partial charge < -0.3 is 9.47 Å². The molecule has 1 saturated heterocycles. The summed E-state index contributed by atoms with van der Waals surface area (Å²) >= 11 is 0. The minimum Gasteiger partial charge on any atom is -0.486 e. The van der Waals surface area contributed by atoms with Crippen LogP contribution >= 0.6 is 0 Å². The summed E-state index contributed by atoms with van der Waals surface area (Å²) in [6, 6.07) is 9.05. The maximum Gasteiger partial charge on any atom is 0.295 e. The summed E-state index contributed by atoms with van der Waals surface area (Å²) in [5, 5.41) is 15.5. The number of nitrogens with one attached hydrogen (secondary N) is 1. The Kier molecular flexibility index (Phi) is 5.55. The van der Waals surface area contributed by atoms with Crippen LogP contribution in [0.25, 0.3) is 0 Å². The van der Waals surface area contributed by atoms with E-state index in [1.807, 2.05) is 0 Å². The summed E-state index contributed by atoms with van der Waals surface area (Å²) in [6.07, 6.45) is 3.06. The molecule has 2 aliphatic rings. The molecule has 1 N–H and O–H groups in total. The molecule has 0 saturated carbocycles. The molecule has 10 nitrogen and oxygen atoms in total. The lowest BCUT2D eigenvalue weighted by Gasteiger charge is -2.18. The van der Waals surface area contributed by atoms with Gasteiger partial charge in [-0.05, 0) is 48.7 Å². The molecule has 2 aliphatic heterocycles. The minimum atomic E-state index is -3.75. The lowest BCUT2D eigenvalue weighted by atomic mass is 10.2. The highest BCUT2D eigenvalue weighted by atomic mass is 32.2. The maximum atomic E-state index is 12.7. The molecule has 0 unspecified atom stereocenters. The fourth-order valence-electron chi connectivity index (χ4n) is 3.31. The number of nitrogens with zero attached hydrogens (tertiary/aromatic N) is 3. The Morgan fingerprint density at radius 3 is 2.53 bits per heavy atom. The number of hydrogen-bond acceptors (Lipinski definition) is 8. The SMILES string of the molecule is O=[N+]([O-])c1cc(S(=O)(=O)N2CCCC2)ccc1N/N=C/c1ccc2c(c1)OCCO2. The highest BCUT2D eigenvalue weighted by Gasteiger charge is 2.29. The second kappa shape index (κ2) is 8.28. The number of hydrogen-bond donors (Lipinski definition) is 1. The Morgan fingerprint density at radius 2 is 1.80 bits per heavy atom. The predicted octanol–water partition coefficient (Wildman–Crippen LogP) is 2.60. The third-order valence-electron chi connectivity index (χ3n) is 4.83. The Hall–Kier alpha value is -3.18. The molecule has 11 heteroatoms. The van der Waals surface area contributed by atoms with Gasteiger partial charge in [0.25, 0.3) is 5.69 Å². The fourth-order valence-corrected chi connectivity index (χ4v) is 4.85. The van der Waals surface area contributed by atoms with E-state index in [4.69, 9.17) is 9.47 Å². The zero-order valence-electron chi connectivity index (χ0n) is 16.0. The molecule has 0 amide bonds. The second-order valence-corrected chi connectivity index (χ2v) is 8.76. The average Bonchev–Trinajstić information content (AvgIpc) is 3.29. The molecule has 2 aromatic rings. The summed E-state index contributed by atoms with van der Waals surface area (Å²) in [5.41, 5.74) is 3.06. The summed E-state index contributed by atoms with van der Waals surface area (Å²) in [5.74, 6) is 1.25. The maximum absolute atomic E-state index is 12.7. The number of hydrazone groups is 1. The predicted molar refractivity (Wildman–Crippen MR) is 110 cm³/mol. The number of nitro groups is 1. The first-order chi connectivity index (χ1) is 14.4. The Bertz CT molecular complexity index is 1100. The van der Waals surface area contributed by atoms with Gasteiger partial charge in [-0.25, -0.2) is 8.42 Å². The largest absolute Gasteiger partial charge is 0.486 e. The molecular weight excluding hydrogens is 412 g/mol. The van der Waals surface area contributed by atoms with Gasteiger partial charge in [-0.1, -0.05) is 0 Å². The first-order valence-electron chi connectivity index (χ1n) is 9.42. The van der Waals surface area contributed by atoms with Crippen molar-refractivity contribution in [3.05, 3.63) is 52.1 Å². The summed E-state index contributed by atoms with van der Waals surface area (Å²) in [6.45, 7) is 1.81. The Labute approximate surface area is 173 Å². The summed E-state index contributed by atoms with van der Waals surface area (Å²) in [7, 11) is -3.75. The van der Waals surface area contributed by atoms with Gasteiger partial charge in [0, 0.05) is 19.2 Å². The highest BCUT2D eigenvalue weighted by Crippen LogP contribution is 2.31. The van der Waals surface area contributed by atoms with E-state index < -0.39 is 14.9 Å². The first kappa shape index (κ1) is 20.1. The molecule has 0 radical (unpaired) electrons. The van der Waals surface area contributed by atoms with Crippen LogP contribution in [0.4, 0.5) is 11.4 Å². The summed E-state index contributed by atoms with van der Waals surface area (Å²) in [4.78, 5) is 10.8. The third-order valence-corrected chi connectivity index (χ3v) is 6.73. The van der Waals surface area contributed by atoms with E-state index in [9.17, 15) is 18.5 Å². The van der Waals surface area contributed by atoms with Crippen LogP contribution in [0, 0.1) is 10.1 Å². The highest BCUT2D eigenvalue weighted by molar-refractivity contribution is 7.89. The lowest BCUT2D eigenvalue weighted by molar-refractivity contribution is -0.384. The average molecular weight is 432 g/mol. The van der Waals surface area contributed by atoms with E-state index in [1.54, 1.807) is 18.2 Å². The van der Waals surface area contributed by atoms with Crippen LogP contribution < -0.4 is 14.9 Å². The number of fused-ring (bicyclic) bond motifs is 1.